The molecule has 3 aromatic heterocycles. The van der Waals surface area contributed by atoms with Gasteiger partial charge in [-0.25, -0.2) is 14.5 Å². The summed E-state index contributed by atoms with van der Waals surface area (Å²) in [6.07, 6.45) is 8.48. The van der Waals surface area contributed by atoms with Gasteiger partial charge in [0.15, 0.2) is 5.82 Å². The minimum absolute atomic E-state index is 0.438. The largest absolute Gasteiger partial charge is 0.384 e. The number of fused-ring (bicyclic) bond motifs is 1. The highest BCUT2D eigenvalue weighted by atomic mass is 15.2. The minimum Gasteiger partial charge on any atom is -0.384 e. The van der Waals surface area contributed by atoms with Crippen LogP contribution in [0.3, 0.4) is 0 Å². The normalized spacial score (nSPS) is 10.1. The highest BCUT2D eigenvalue weighted by Gasteiger charge is 2.08. The van der Waals surface area contributed by atoms with Crippen LogP contribution in [-0.2, 0) is 0 Å². The highest BCUT2D eigenvalue weighted by Crippen LogP contribution is 2.20. The van der Waals surface area contributed by atoms with Crippen molar-refractivity contribution in [2.45, 2.75) is 6.92 Å². The van der Waals surface area contributed by atoms with Crippen molar-refractivity contribution in [3.05, 3.63) is 72.9 Å². The smallest absolute Gasteiger partial charge is 0.165 e. The van der Waals surface area contributed by atoms with Gasteiger partial charge in [-0.1, -0.05) is 35.9 Å². The van der Waals surface area contributed by atoms with Crippen molar-refractivity contribution in [2.75, 3.05) is 5.73 Å². The van der Waals surface area contributed by atoms with Gasteiger partial charge in [0.05, 0.1) is 23.5 Å². The summed E-state index contributed by atoms with van der Waals surface area (Å²) in [6.45, 7) is 2.08. The van der Waals surface area contributed by atoms with Gasteiger partial charge in [-0.05, 0) is 13.0 Å². The second-order valence-electron chi connectivity index (χ2n) is 4.92. The number of aryl methyl sites for hydroxylation is 1. The van der Waals surface area contributed by atoms with Crippen molar-refractivity contribution in [1.82, 2.24) is 24.6 Å². The van der Waals surface area contributed by atoms with E-state index in [4.69, 9.17) is 5.73 Å². The predicted molar refractivity (Wildman–Crippen MR) is 89.6 cm³/mol. The maximum Gasteiger partial charge on any atom is 0.165 e. The number of aromatic nitrogens is 5. The first-order chi connectivity index (χ1) is 11.2. The first kappa shape index (κ1) is 14.6. The fourth-order valence-corrected chi connectivity index (χ4v) is 2.04. The Morgan fingerprint density at radius 1 is 1.00 bits per heavy atom. The van der Waals surface area contributed by atoms with Crippen LogP contribution in [0.25, 0.3) is 16.9 Å². The van der Waals surface area contributed by atoms with E-state index in [0.717, 1.165) is 11.1 Å². The maximum absolute atomic E-state index is 5.61. The molecule has 6 heteroatoms. The van der Waals surface area contributed by atoms with E-state index in [1.807, 2.05) is 18.2 Å². The van der Waals surface area contributed by atoms with Crippen LogP contribution in [0, 0.1) is 6.92 Å². The molecule has 1 aromatic carbocycles. The van der Waals surface area contributed by atoms with Gasteiger partial charge >= 0.3 is 0 Å². The van der Waals surface area contributed by atoms with Gasteiger partial charge in [0, 0.05) is 18.6 Å². The summed E-state index contributed by atoms with van der Waals surface area (Å²) in [5, 5.41) is 4.18. The average Bonchev–Trinajstić information content (AvgIpc) is 3.00. The van der Waals surface area contributed by atoms with E-state index < -0.39 is 0 Å². The number of rotatable bonds is 1. The number of benzene rings is 1. The Hall–Kier alpha value is -3.28. The van der Waals surface area contributed by atoms with Crippen molar-refractivity contribution in [2.24, 2.45) is 0 Å². The number of nitrogen functional groups attached to an aromatic ring is 1. The quantitative estimate of drug-likeness (QED) is 0.584. The molecule has 0 aliphatic heterocycles. The summed E-state index contributed by atoms with van der Waals surface area (Å²) in [4.78, 5) is 12.4. The second kappa shape index (κ2) is 6.65. The highest BCUT2D eigenvalue weighted by molar-refractivity contribution is 5.75. The van der Waals surface area contributed by atoms with E-state index in [2.05, 4.69) is 39.1 Å². The summed E-state index contributed by atoms with van der Waals surface area (Å²) in [5.41, 5.74) is 8.61. The van der Waals surface area contributed by atoms with E-state index in [-0.39, 0.29) is 0 Å². The van der Waals surface area contributed by atoms with Gasteiger partial charge in [-0.2, -0.15) is 5.10 Å². The van der Waals surface area contributed by atoms with E-state index in [1.165, 1.54) is 5.56 Å². The molecule has 0 spiro atoms. The lowest BCUT2D eigenvalue weighted by atomic mass is 10.2. The number of anilines is 1. The zero-order chi connectivity index (χ0) is 16.1. The average molecular weight is 304 g/mol. The van der Waals surface area contributed by atoms with E-state index in [9.17, 15) is 0 Å². The van der Waals surface area contributed by atoms with Crippen molar-refractivity contribution >= 4 is 11.3 Å². The van der Waals surface area contributed by atoms with Crippen LogP contribution in [-0.4, -0.2) is 24.6 Å². The Balaban J connectivity index is 0.000000188. The summed E-state index contributed by atoms with van der Waals surface area (Å²) in [5.74, 6) is 0.997. The monoisotopic (exact) mass is 304 g/mol. The molecule has 0 fully saturated rings. The molecule has 114 valence electrons. The molecular weight excluding hydrogens is 288 g/mol. The maximum atomic E-state index is 5.61. The van der Waals surface area contributed by atoms with Crippen molar-refractivity contribution < 1.29 is 0 Å². The molecule has 0 aliphatic carbocycles. The molecule has 0 atom stereocenters. The van der Waals surface area contributed by atoms with Crippen molar-refractivity contribution in [1.29, 1.82) is 0 Å². The molecule has 0 radical (unpaired) electrons. The lowest BCUT2D eigenvalue weighted by molar-refractivity contribution is 0.946. The standard InChI is InChI=1S/C10H8N6.C7H8/c11-9-1-2-13-10(15-9)7-5-14-16-4-3-12-6-8(7)16;1-7-5-3-2-4-6-7/h1-6H,(H2,11,13,15);2-6H,1H3. The summed E-state index contributed by atoms with van der Waals surface area (Å²) in [7, 11) is 0. The predicted octanol–water partition coefficient (Wildman–Crippen LogP) is 2.76. The summed E-state index contributed by atoms with van der Waals surface area (Å²) < 4.78 is 1.72. The van der Waals surface area contributed by atoms with Gasteiger partial charge in [0.1, 0.15) is 5.82 Å². The number of hydrogen-bond acceptors (Lipinski definition) is 5. The molecular formula is C17H16N6. The molecule has 6 nitrogen and oxygen atoms in total. The molecule has 23 heavy (non-hydrogen) atoms. The molecule has 0 bridgehead atoms. The SMILES string of the molecule is Cc1ccccc1.Nc1ccnc(-c2cnn3ccncc23)n1. The zero-order valence-electron chi connectivity index (χ0n) is 12.7. The summed E-state index contributed by atoms with van der Waals surface area (Å²) >= 11 is 0. The molecule has 2 N–H and O–H groups in total. The van der Waals surface area contributed by atoms with Crippen LogP contribution >= 0.6 is 0 Å². The minimum atomic E-state index is 0.438. The Kier molecular flexibility index (Phi) is 4.24. The van der Waals surface area contributed by atoms with E-state index >= 15 is 0 Å². The molecule has 4 rings (SSSR count). The Morgan fingerprint density at radius 3 is 2.52 bits per heavy atom. The van der Waals surface area contributed by atoms with Crippen LogP contribution in [0.15, 0.2) is 67.4 Å². The van der Waals surface area contributed by atoms with Gasteiger partial charge in [0.2, 0.25) is 0 Å². The molecule has 0 unspecified atom stereocenters. The zero-order valence-corrected chi connectivity index (χ0v) is 12.7. The number of nitrogens with zero attached hydrogens (tertiary/aromatic N) is 5. The first-order valence-corrected chi connectivity index (χ1v) is 7.12. The van der Waals surface area contributed by atoms with E-state index in [1.54, 1.807) is 41.6 Å². The van der Waals surface area contributed by atoms with Gasteiger partial charge in [-0.3, -0.25) is 4.98 Å². The van der Waals surface area contributed by atoms with Crippen LogP contribution in [0.2, 0.25) is 0 Å². The third kappa shape index (κ3) is 3.49. The second-order valence-corrected chi connectivity index (χ2v) is 4.92. The van der Waals surface area contributed by atoms with Crippen molar-refractivity contribution in [3.8, 4) is 11.4 Å². The Bertz CT molecular complexity index is 901. The third-order valence-corrected chi connectivity index (χ3v) is 3.18. The van der Waals surface area contributed by atoms with Gasteiger partial charge < -0.3 is 5.73 Å². The lowest BCUT2D eigenvalue weighted by Crippen LogP contribution is -1.94. The van der Waals surface area contributed by atoms with Crippen LogP contribution < -0.4 is 5.73 Å². The van der Waals surface area contributed by atoms with Crippen molar-refractivity contribution in [3.63, 3.8) is 0 Å². The third-order valence-electron chi connectivity index (χ3n) is 3.18. The van der Waals surface area contributed by atoms with Gasteiger partial charge in [-0.15, -0.1) is 0 Å². The molecule has 0 aliphatic rings. The molecule has 0 amide bonds. The topological polar surface area (TPSA) is 82.0 Å². The molecule has 0 saturated carbocycles. The fraction of sp³-hybridized carbons (Fsp3) is 0.0588. The van der Waals surface area contributed by atoms with Gasteiger partial charge in [0.25, 0.3) is 0 Å². The summed E-state index contributed by atoms with van der Waals surface area (Å²) in [6, 6.07) is 11.9. The molecule has 4 aromatic rings. The lowest BCUT2D eigenvalue weighted by Gasteiger charge is -1.98. The van der Waals surface area contributed by atoms with Crippen LogP contribution in [0.1, 0.15) is 5.56 Å². The van der Waals surface area contributed by atoms with Crippen LogP contribution in [0.4, 0.5) is 5.82 Å². The molecule has 3 heterocycles. The Morgan fingerprint density at radius 2 is 1.83 bits per heavy atom. The molecule has 0 saturated heterocycles. The van der Waals surface area contributed by atoms with Crippen LogP contribution in [0.5, 0.6) is 0 Å². The number of nitrogens with two attached hydrogens (primary N) is 1. The number of hydrogen-bond donors (Lipinski definition) is 1. The fourth-order valence-electron chi connectivity index (χ4n) is 2.04. The van der Waals surface area contributed by atoms with E-state index in [0.29, 0.717) is 11.6 Å². The first-order valence-electron chi connectivity index (χ1n) is 7.12. The Labute approximate surface area is 133 Å².